The minimum atomic E-state index is -1.47. The summed E-state index contributed by atoms with van der Waals surface area (Å²) in [6, 6.07) is 21.2. The zero-order valence-electron chi connectivity index (χ0n) is 15.8. The van der Waals surface area contributed by atoms with Gasteiger partial charge < -0.3 is 4.67 Å². The molecule has 0 radical (unpaired) electrons. The summed E-state index contributed by atoms with van der Waals surface area (Å²) in [5.41, 5.74) is 2.95. The van der Waals surface area contributed by atoms with Gasteiger partial charge in [-0.15, -0.1) is 0 Å². The normalized spacial score (nSPS) is 17.2. The molecule has 0 N–H and O–H groups in total. The van der Waals surface area contributed by atoms with Crippen LogP contribution in [0.4, 0.5) is 0 Å². The summed E-state index contributed by atoms with van der Waals surface area (Å²) in [5, 5.41) is 5.08. The fraction of sp³-hybridized carbons (Fsp3) is 0.364. The molecule has 1 saturated heterocycles. The maximum Gasteiger partial charge on any atom is 0.172 e. The maximum atomic E-state index is 12.5. The van der Waals surface area contributed by atoms with Crippen LogP contribution >= 0.6 is 0 Å². The van der Waals surface area contributed by atoms with Gasteiger partial charge in [0.25, 0.3) is 0 Å². The number of benzene rings is 2. The fourth-order valence-electron chi connectivity index (χ4n) is 3.46. The summed E-state index contributed by atoms with van der Waals surface area (Å²) < 4.78 is 2.37. The molecule has 1 aliphatic rings. The minimum Gasteiger partial charge on any atom is -0.324 e. The van der Waals surface area contributed by atoms with E-state index in [1.54, 1.807) is 0 Å². The van der Waals surface area contributed by atoms with Crippen molar-refractivity contribution in [2.75, 3.05) is 6.54 Å². The van der Waals surface area contributed by atoms with Gasteiger partial charge in [0.15, 0.2) is 14.0 Å². The highest BCUT2D eigenvalue weighted by Gasteiger charge is 2.32. The van der Waals surface area contributed by atoms with E-state index in [1.165, 1.54) is 18.9 Å². The summed E-state index contributed by atoms with van der Waals surface area (Å²) >= 11 is 0. The van der Waals surface area contributed by atoms with Crippen molar-refractivity contribution in [3.05, 3.63) is 71.8 Å². The second kappa shape index (κ2) is 8.45. The van der Waals surface area contributed by atoms with Gasteiger partial charge in [0, 0.05) is 18.5 Å². The first-order valence-electron chi connectivity index (χ1n) is 9.55. The number of carbonyl (C=O) groups is 1. The first-order chi connectivity index (χ1) is 12.6. The number of rotatable bonds is 6. The van der Waals surface area contributed by atoms with Gasteiger partial charge in [0.05, 0.1) is 5.71 Å². The third-order valence-electron chi connectivity index (χ3n) is 5.14. The maximum absolute atomic E-state index is 12.5. The molecule has 0 unspecified atom stereocenters. The Morgan fingerprint density at radius 1 is 0.923 bits per heavy atom. The molecule has 0 saturated carbocycles. The van der Waals surface area contributed by atoms with Crippen molar-refractivity contribution < 1.29 is 4.79 Å². The van der Waals surface area contributed by atoms with Crippen molar-refractivity contribution in [2.24, 2.45) is 5.10 Å². The molecule has 0 aromatic heterocycles. The zero-order valence-corrected chi connectivity index (χ0v) is 16.8. The van der Waals surface area contributed by atoms with E-state index in [0.717, 1.165) is 23.4 Å². The van der Waals surface area contributed by atoms with Crippen LogP contribution in [0.5, 0.6) is 0 Å². The minimum absolute atomic E-state index is 0.185. The van der Waals surface area contributed by atoms with Gasteiger partial charge in [-0.1, -0.05) is 80.2 Å². The Kier molecular flexibility index (Phi) is 6.04. The highest BCUT2D eigenvalue weighted by molar-refractivity contribution is 6.74. The van der Waals surface area contributed by atoms with E-state index in [4.69, 9.17) is 5.10 Å². The molecule has 26 heavy (non-hydrogen) atoms. The van der Waals surface area contributed by atoms with Gasteiger partial charge in [0.2, 0.25) is 0 Å². The van der Waals surface area contributed by atoms with Crippen LogP contribution in [-0.2, 0) is 0 Å². The lowest BCUT2D eigenvalue weighted by atomic mass is 10.0. The number of Topliss-reactive ketones (excluding diaryl/α,β-unsaturated/α-hetero) is 1. The molecule has 0 spiro atoms. The molecule has 3 nitrogen and oxygen atoms in total. The Morgan fingerprint density at radius 2 is 1.54 bits per heavy atom. The van der Waals surface area contributed by atoms with Gasteiger partial charge in [-0.3, -0.25) is 4.79 Å². The molecule has 136 valence electrons. The van der Waals surface area contributed by atoms with Crippen molar-refractivity contribution in [1.82, 2.24) is 4.67 Å². The van der Waals surface area contributed by atoms with E-state index < -0.39 is 8.24 Å². The van der Waals surface area contributed by atoms with E-state index >= 15 is 0 Å². The van der Waals surface area contributed by atoms with E-state index in [9.17, 15) is 4.79 Å². The lowest BCUT2D eigenvalue weighted by molar-refractivity contribution is 0.0985. The molecule has 1 aliphatic heterocycles. The van der Waals surface area contributed by atoms with E-state index in [-0.39, 0.29) is 5.78 Å². The molecule has 3 rings (SSSR count). The number of hydrogen-bond donors (Lipinski definition) is 0. The topological polar surface area (TPSA) is 32.7 Å². The Bertz CT molecular complexity index is 756. The van der Waals surface area contributed by atoms with Crippen molar-refractivity contribution in [1.29, 1.82) is 0 Å². The highest BCUT2D eigenvalue weighted by Crippen LogP contribution is 2.26. The molecular weight excluding hydrogens is 336 g/mol. The standard InChI is InChI=1S/C22H28N2OSi/c1-26(2)18-10-9-17-24(26)23-21(19-11-5-3-6-12-19)15-16-22(25)20-13-7-4-8-14-20/h3-8,11-14H,9-10,15-18H2,1-2H3. The predicted molar refractivity (Wildman–Crippen MR) is 111 cm³/mol. The van der Waals surface area contributed by atoms with E-state index in [1.807, 2.05) is 48.5 Å². The van der Waals surface area contributed by atoms with Crippen LogP contribution in [0.2, 0.25) is 19.1 Å². The van der Waals surface area contributed by atoms with Crippen LogP contribution in [0.25, 0.3) is 0 Å². The van der Waals surface area contributed by atoms with Gasteiger partial charge in [-0.25, -0.2) is 0 Å². The summed E-state index contributed by atoms with van der Waals surface area (Å²) in [7, 11) is -1.47. The monoisotopic (exact) mass is 364 g/mol. The molecule has 1 heterocycles. The molecule has 2 aromatic rings. The average molecular weight is 365 g/mol. The Hall–Kier alpha value is -2.20. The molecule has 0 amide bonds. The van der Waals surface area contributed by atoms with Gasteiger partial charge in [-0.05, 0) is 24.4 Å². The molecule has 0 aliphatic carbocycles. The number of nitrogens with zero attached hydrogens (tertiary/aromatic N) is 2. The number of carbonyl (C=O) groups excluding carboxylic acids is 1. The van der Waals surface area contributed by atoms with E-state index in [2.05, 4.69) is 29.9 Å². The first-order valence-corrected chi connectivity index (χ1v) is 12.7. The van der Waals surface area contributed by atoms with Gasteiger partial charge >= 0.3 is 0 Å². The van der Waals surface area contributed by atoms with Crippen LogP contribution < -0.4 is 0 Å². The smallest absolute Gasteiger partial charge is 0.172 e. The lowest BCUT2D eigenvalue weighted by Gasteiger charge is -2.39. The highest BCUT2D eigenvalue weighted by atomic mass is 28.3. The van der Waals surface area contributed by atoms with Crippen molar-refractivity contribution in [3.8, 4) is 0 Å². The van der Waals surface area contributed by atoms with Crippen LogP contribution in [-0.4, -0.2) is 30.9 Å². The van der Waals surface area contributed by atoms with Gasteiger partial charge in [-0.2, -0.15) is 5.10 Å². The second-order valence-corrected chi connectivity index (χ2v) is 12.2. The van der Waals surface area contributed by atoms with E-state index in [0.29, 0.717) is 12.8 Å². The Labute approximate surface area is 157 Å². The Morgan fingerprint density at radius 3 is 2.15 bits per heavy atom. The third kappa shape index (κ3) is 4.70. The molecule has 4 heteroatoms. The van der Waals surface area contributed by atoms with Crippen molar-refractivity contribution in [3.63, 3.8) is 0 Å². The van der Waals surface area contributed by atoms with Crippen LogP contribution in [0.3, 0.4) is 0 Å². The fourth-order valence-corrected chi connectivity index (χ4v) is 5.99. The SMILES string of the molecule is C[Si]1(C)CCCCN1N=C(CCC(=O)c1ccccc1)c1ccccc1. The Balaban J connectivity index is 1.80. The van der Waals surface area contributed by atoms with Gasteiger partial charge in [0.1, 0.15) is 0 Å². The number of hydrogen-bond acceptors (Lipinski definition) is 3. The van der Waals surface area contributed by atoms with Crippen molar-refractivity contribution in [2.45, 2.75) is 44.8 Å². The summed E-state index contributed by atoms with van der Waals surface area (Å²) in [6.07, 6.45) is 3.70. The summed E-state index contributed by atoms with van der Waals surface area (Å²) in [4.78, 5) is 12.5. The second-order valence-electron chi connectivity index (χ2n) is 7.59. The van der Waals surface area contributed by atoms with Crippen LogP contribution in [0.15, 0.2) is 65.8 Å². The zero-order chi connectivity index (χ0) is 18.4. The molecule has 2 aromatic carbocycles. The predicted octanol–water partition coefficient (Wildman–Crippen LogP) is 5.35. The van der Waals surface area contributed by atoms with Crippen molar-refractivity contribution >= 4 is 19.7 Å². The quantitative estimate of drug-likeness (QED) is 0.393. The number of hydrazone groups is 1. The summed E-state index contributed by atoms with van der Waals surface area (Å²) in [6.45, 7) is 5.84. The average Bonchev–Trinajstić information content (AvgIpc) is 2.67. The third-order valence-corrected chi connectivity index (χ3v) is 8.44. The molecule has 0 bridgehead atoms. The lowest BCUT2D eigenvalue weighted by Crippen LogP contribution is -2.48. The molecule has 1 fully saturated rings. The largest absolute Gasteiger partial charge is 0.324 e. The van der Waals surface area contributed by atoms with Crippen LogP contribution in [0, 0.1) is 0 Å². The summed E-state index contributed by atoms with van der Waals surface area (Å²) in [5.74, 6) is 0.185. The number of ketones is 1. The molecule has 0 atom stereocenters. The molecular formula is C22H28N2OSi. The van der Waals surface area contributed by atoms with Crippen LogP contribution in [0.1, 0.15) is 41.6 Å². The first kappa shape index (κ1) is 18.6.